The number of amides is 2. The Labute approximate surface area is 237 Å². The van der Waals surface area contributed by atoms with Gasteiger partial charge in [0.25, 0.3) is 0 Å². The number of nitrogens with zero attached hydrogens (tertiary/aromatic N) is 3. The molecule has 9 heteroatoms. The van der Waals surface area contributed by atoms with E-state index in [1.165, 1.54) is 4.90 Å². The number of nitrogens with one attached hydrogen (secondary N) is 1. The average molecular weight is 561 g/mol. The van der Waals surface area contributed by atoms with Gasteiger partial charge >= 0.3 is 0 Å². The molecule has 0 bridgehead atoms. The lowest BCUT2D eigenvalue weighted by molar-refractivity contribution is -0.121. The highest BCUT2D eigenvalue weighted by molar-refractivity contribution is 8.14. The van der Waals surface area contributed by atoms with E-state index in [0.29, 0.717) is 29.5 Å². The van der Waals surface area contributed by atoms with Crippen LogP contribution < -0.4 is 9.64 Å². The summed E-state index contributed by atoms with van der Waals surface area (Å²) in [6, 6.07) is 22.4. The molecule has 2 heterocycles. The first-order valence-corrected chi connectivity index (χ1v) is 14.1. The van der Waals surface area contributed by atoms with Gasteiger partial charge in [0.15, 0.2) is 5.17 Å². The van der Waals surface area contributed by atoms with Crippen molar-refractivity contribution in [3.05, 3.63) is 94.5 Å². The first-order valence-electron chi connectivity index (χ1n) is 12.9. The summed E-state index contributed by atoms with van der Waals surface area (Å²) in [6.45, 7) is 4.66. The minimum Gasteiger partial charge on any atom is -0.494 e. The lowest BCUT2D eigenvalue weighted by atomic mass is 9.98. The molecule has 3 aromatic carbocycles. The third kappa shape index (κ3) is 5.87. The first-order chi connectivity index (χ1) is 18.8. The Morgan fingerprint density at radius 1 is 1.03 bits per heavy atom. The molecule has 0 aromatic heterocycles. The average Bonchev–Trinajstić information content (AvgIpc) is 3.50. The van der Waals surface area contributed by atoms with Gasteiger partial charge in [-0.2, -0.15) is 5.10 Å². The van der Waals surface area contributed by atoms with E-state index in [2.05, 4.69) is 0 Å². The minimum atomic E-state index is -0.703. The van der Waals surface area contributed by atoms with Gasteiger partial charge in [-0.1, -0.05) is 72.2 Å². The highest BCUT2D eigenvalue weighted by Crippen LogP contribution is 2.38. The van der Waals surface area contributed by atoms with Crippen molar-refractivity contribution < 1.29 is 14.3 Å². The van der Waals surface area contributed by atoms with Gasteiger partial charge in [-0.05, 0) is 60.9 Å². The van der Waals surface area contributed by atoms with E-state index in [1.54, 1.807) is 29.3 Å². The predicted molar refractivity (Wildman–Crippen MR) is 157 cm³/mol. The number of hydrazone groups is 1. The van der Waals surface area contributed by atoms with E-state index in [1.807, 2.05) is 62.4 Å². The molecule has 5 rings (SSSR count). The molecule has 0 spiro atoms. The summed E-state index contributed by atoms with van der Waals surface area (Å²) in [7, 11) is 0. The van der Waals surface area contributed by atoms with Gasteiger partial charge in [-0.25, -0.2) is 9.91 Å². The van der Waals surface area contributed by atoms with E-state index >= 15 is 0 Å². The number of hydrogen-bond acceptors (Lipinski definition) is 6. The molecular formula is C30H29ClN4O3S. The van der Waals surface area contributed by atoms with Crippen LogP contribution in [0.5, 0.6) is 5.75 Å². The van der Waals surface area contributed by atoms with Crippen LogP contribution in [0.2, 0.25) is 5.02 Å². The van der Waals surface area contributed by atoms with Crippen molar-refractivity contribution in [1.29, 1.82) is 5.41 Å². The van der Waals surface area contributed by atoms with Crippen LogP contribution in [-0.4, -0.2) is 39.6 Å². The first kappa shape index (κ1) is 27.0. The molecule has 1 N–H and O–H groups in total. The number of thioether (sulfide) groups is 1. The maximum absolute atomic E-state index is 13.3. The number of ether oxygens (including phenoxy) is 1. The Balaban J connectivity index is 1.35. The van der Waals surface area contributed by atoms with Crippen LogP contribution in [0.3, 0.4) is 0 Å². The van der Waals surface area contributed by atoms with Crippen molar-refractivity contribution in [2.75, 3.05) is 11.5 Å². The van der Waals surface area contributed by atoms with Crippen LogP contribution >= 0.6 is 23.4 Å². The highest BCUT2D eigenvalue weighted by Gasteiger charge is 2.42. The van der Waals surface area contributed by atoms with Gasteiger partial charge in [0.2, 0.25) is 11.8 Å². The molecule has 2 aliphatic heterocycles. The Morgan fingerprint density at radius 3 is 2.38 bits per heavy atom. The second-order valence-corrected chi connectivity index (χ2v) is 11.2. The monoisotopic (exact) mass is 560 g/mol. The second-order valence-electron chi connectivity index (χ2n) is 9.55. The molecule has 0 radical (unpaired) electrons. The van der Waals surface area contributed by atoms with Crippen molar-refractivity contribution in [3.63, 3.8) is 0 Å². The zero-order chi connectivity index (χ0) is 27.5. The summed E-state index contributed by atoms with van der Waals surface area (Å²) in [5.74, 6) is 0.0749. The normalized spacial score (nSPS) is 19.0. The number of amidine groups is 1. The molecule has 1 saturated heterocycles. The van der Waals surface area contributed by atoms with Gasteiger partial charge in [0, 0.05) is 17.9 Å². The molecule has 0 saturated carbocycles. The molecular weight excluding hydrogens is 532 g/mol. The Bertz CT molecular complexity index is 1410. The molecule has 39 heavy (non-hydrogen) atoms. The van der Waals surface area contributed by atoms with Crippen molar-refractivity contribution in [1.82, 2.24) is 5.01 Å². The van der Waals surface area contributed by atoms with Gasteiger partial charge in [-0.3, -0.25) is 15.0 Å². The molecule has 7 nitrogen and oxygen atoms in total. The summed E-state index contributed by atoms with van der Waals surface area (Å²) >= 11 is 7.19. The van der Waals surface area contributed by atoms with Crippen LogP contribution in [0.1, 0.15) is 48.9 Å². The fraction of sp³-hybridized carbons (Fsp3) is 0.267. The summed E-state index contributed by atoms with van der Waals surface area (Å²) < 4.78 is 5.61. The number of halogens is 1. The van der Waals surface area contributed by atoms with Crippen molar-refractivity contribution >= 4 is 51.7 Å². The number of imide groups is 1. The number of anilines is 1. The smallest absolute Gasteiger partial charge is 0.247 e. The molecule has 1 fully saturated rings. The van der Waals surface area contributed by atoms with Crippen molar-refractivity contribution in [3.8, 4) is 5.75 Å². The highest BCUT2D eigenvalue weighted by atomic mass is 35.5. The van der Waals surface area contributed by atoms with Crippen LogP contribution in [0.25, 0.3) is 0 Å². The second kappa shape index (κ2) is 11.6. The molecule has 3 aromatic rings. The summed E-state index contributed by atoms with van der Waals surface area (Å²) in [6.07, 6.45) is 1.51. The molecule has 2 aliphatic rings. The predicted octanol–water partition coefficient (Wildman–Crippen LogP) is 6.59. The largest absolute Gasteiger partial charge is 0.494 e. The molecule has 2 amide bonds. The van der Waals surface area contributed by atoms with E-state index in [0.717, 1.165) is 40.6 Å². The van der Waals surface area contributed by atoms with Gasteiger partial charge in [0.05, 0.1) is 24.0 Å². The van der Waals surface area contributed by atoms with E-state index in [4.69, 9.17) is 26.8 Å². The van der Waals surface area contributed by atoms with Gasteiger partial charge in [0.1, 0.15) is 11.0 Å². The van der Waals surface area contributed by atoms with Crippen LogP contribution in [0.15, 0.2) is 77.9 Å². The Kier molecular flexibility index (Phi) is 8.04. The van der Waals surface area contributed by atoms with Crippen molar-refractivity contribution in [2.24, 2.45) is 5.10 Å². The topological polar surface area (TPSA) is 86.1 Å². The number of carbonyl (C=O) groups is 2. The SMILES string of the molecule is CCCOc1ccc(N2C(=O)C[C@H](SC(=N)N3N=C(c4ccc(C)cc4)C[C@@H]3c3ccc(Cl)cc3)C2=O)cc1. The third-order valence-corrected chi connectivity index (χ3v) is 8.00. The number of aryl methyl sites for hydroxylation is 1. The lowest BCUT2D eigenvalue weighted by Crippen LogP contribution is -2.32. The number of rotatable bonds is 7. The Morgan fingerprint density at radius 2 is 1.72 bits per heavy atom. The van der Waals surface area contributed by atoms with E-state index in [-0.39, 0.29) is 29.4 Å². The fourth-order valence-electron chi connectivity index (χ4n) is 4.63. The zero-order valence-corrected chi connectivity index (χ0v) is 23.3. The lowest BCUT2D eigenvalue weighted by Gasteiger charge is -2.24. The van der Waals surface area contributed by atoms with Crippen LogP contribution in [-0.2, 0) is 9.59 Å². The van der Waals surface area contributed by atoms with Gasteiger partial charge < -0.3 is 4.74 Å². The number of benzene rings is 3. The molecule has 2 atom stereocenters. The van der Waals surface area contributed by atoms with E-state index in [9.17, 15) is 9.59 Å². The van der Waals surface area contributed by atoms with Gasteiger partial charge in [-0.15, -0.1) is 0 Å². The minimum absolute atomic E-state index is 0.0218. The quantitative estimate of drug-likeness (QED) is 0.200. The third-order valence-electron chi connectivity index (χ3n) is 6.68. The molecule has 0 aliphatic carbocycles. The fourth-order valence-corrected chi connectivity index (χ4v) is 5.73. The maximum atomic E-state index is 13.3. The number of hydrogen-bond donors (Lipinski definition) is 1. The summed E-state index contributed by atoms with van der Waals surface area (Å²) in [4.78, 5) is 27.4. The number of carbonyl (C=O) groups excluding carboxylic acids is 2. The summed E-state index contributed by atoms with van der Waals surface area (Å²) in [5, 5.41) is 15.5. The Hall–Kier alpha value is -3.62. The molecule has 0 unspecified atom stereocenters. The standard InChI is InChI=1S/C30H29ClN4O3S/c1-3-16-38-24-14-12-23(13-15-24)34-28(36)18-27(29(34)37)39-30(32)35-26(21-8-10-22(31)11-9-21)17-25(33-35)20-6-4-19(2)5-7-20/h4-15,26-27,32H,3,16-18H2,1-2H3/t26-,27+/m1/s1. The summed E-state index contributed by atoms with van der Waals surface area (Å²) in [5.41, 5.74) is 4.48. The zero-order valence-electron chi connectivity index (χ0n) is 21.8. The van der Waals surface area contributed by atoms with E-state index < -0.39 is 5.25 Å². The van der Waals surface area contributed by atoms with Crippen LogP contribution in [0.4, 0.5) is 5.69 Å². The maximum Gasteiger partial charge on any atom is 0.247 e. The molecule has 200 valence electrons. The van der Waals surface area contributed by atoms with Crippen LogP contribution in [0, 0.1) is 12.3 Å². The van der Waals surface area contributed by atoms with Crippen molar-refractivity contribution in [2.45, 2.75) is 44.4 Å².